The predicted molar refractivity (Wildman–Crippen MR) is 116 cm³/mol. The van der Waals surface area contributed by atoms with Gasteiger partial charge in [0.25, 0.3) is 0 Å². The molecule has 5 nitrogen and oxygen atoms in total. The number of halogens is 1. The molecule has 0 spiro atoms. The van der Waals surface area contributed by atoms with Gasteiger partial charge in [-0.15, -0.1) is 0 Å². The summed E-state index contributed by atoms with van der Waals surface area (Å²) in [6.07, 6.45) is 1.66. The third-order valence-corrected chi connectivity index (χ3v) is 5.58. The summed E-state index contributed by atoms with van der Waals surface area (Å²) >= 11 is 6.07. The van der Waals surface area contributed by atoms with Gasteiger partial charge in [-0.2, -0.15) is 0 Å². The van der Waals surface area contributed by atoms with E-state index >= 15 is 0 Å². The molecule has 0 unspecified atom stereocenters. The number of nitrogens with zero attached hydrogens (tertiary/aromatic N) is 2. The van der Waals surface area contributed by atoms with E-state index in [1.54, 1.807) is 18.5 Å². The molecule has 0 saturated carbocycles. The Morgan fingerprint density at radius 3 is 2.40 bits per heavy atom. The Kier molecular flexibility index (Phi) is 5.46. The molecule has 3 aromatic rings. The van der Waals surface area contributed by atoms with Gasteiger partial charge in [0.1, 0.15) is 5.75 Å². The van der Waals surface area contributed by atoms with Crippen LogP contribution in [0.15, 0.2) is 83.9 Å². The number of carbonyl (C=O) groups is 1. The standard InChI is InChI=1S/C24H21ClN2O3/c1-30-23(29)24(18-10-6-3-7-11-18)22(20-13-12-19(25)14-21(20)28)27(16-26-24)15-17-8-4-2-5-9-17/h2-14,16,22,28H,15H2,1H3/t22-,24+/m0/s1. The molecule has 4 rings (SSSR count). The lowest BCUT2D eigenvalue weighted by atomic mass is 9.79. The SMILES string of the molecule is COC(=O)[C@]1(c2ccccc2)N=CN(Cc2ccccc2)[C@H]1c1ccc(Cl)cc1O. The predicted octanol–water partition coefficient (Wildman–Crippen LogP) is 4.70. The highest BCUT2D eigenvalue weighted by Crippen LogP contribution is 2.49. The topological polar surface area (TPSA) is 62.1 Å². The zero-order valence-corrected chi connectivity index (χ0v) is 17.2. The smallest absolute Gasteiger partial charge is 0.341 e. The molecule has 0 aliphatic carbocycles. The van der Waals surface area contributed by atoms with Crippen LogP contribution in [0.5, 0.6) is 5.75 Å². The average Bonchev–Trinajstić information content (AvgIpc) is 3.14. The van der Waals surface area contributed by atoms with Crippen molar-refractivity contribution < 1.29 is 14.6 Å². The van der Waals surface area contributed by atoms with Crippen LogP contribution in [0, 0.1) is 0 Å². The van der Waals surface area contributed by atoms with Crippen LogP contribution in [-0.4, -0.2) is 29.4 Å². The number of phenols is 1. The third-order valence-electron chi connectivity index (χ3n) is 5.34. The van der Waals surface area contributed by atoms with E-state index < -0.39 is 17.6 Å². The molecule has 3 aromatic carbocycles. The van der Waals surface area contributed by atoms with Crippen molar-refractivity contribution in [2.45, 2.75) is 18.1 Å². The fourth-order valence-electron chi connectivity index (χ4n) is 3.98. The number of aromatic hydroxyl groups is 1. The second kappa shape index (κ2) is 8.20. The van der Waals surface area contributed by atoms with Crippen LogP contribution < -0.4 is 0 Å². The summed E-state index contributed by atoms with van der Waals surface area (Å²) in [7, 11) is 1.35. The van der Waals surface area contributed by atoms with E-state index in [1.165, 1.54) is 13.2 Å². The Morgan fingerprint density at radius 1 is 1.10 bits per heavy atom. The first-order valence-corrected chi connectivity index (χ1v) is 9.91. The quantitative estimate of drug-likeness (QED) is 0.608. The highest BCUT2D eigenvalue weighted by molar-refractivity contribution is 6.30. The lowest BCUT2D eigenvalue weighted by Gasteiger charge is -2.36. The van der Waals surface area contributed by atoms with E-state index in [1.807, 2.05) is 65.6 Å². The molecule has 1 aliphatic rings. The summed E-state index contributed by atoms with van der Waals surface area (Å²) < 4.78 is 5.22. The van der Waals surface area contributed by atoms with Gasteiger partial charge in [-0.05, 0) is 23.3 Å². The summed E-state index contributed by atoms with van der Waals surface area (Å²) in [6, 6.07) is 23.5. The minimum atomic E-state index is -1.36. The van der Waals surface area contributed by atoms with Crippen molar-refractivity contribution in [1.82, 2.24) is 4.90 Å². The number of carbonyl (C=O) groups excluding carboxylic acids is 1. The van der Waals surface area contributed by atoms with Crippen molar-refractivity contribution in [3.05, 3.63) is 101 Å². The molecular formula is C24H21ClN2O3. The van der Waals surface area contributed by atoms with Crippen molar-refractivity contribution in [1.29, 1.82) is 0 Å². The monoisotopic (exact) mass is 420 g/mol. The van der Waals surface area contributed by atoms with E-state index in [0.717, 1.165) is 5.56 Å². The van der Waals surface area contributed by atoms with Crippen LogP contribution in [0.2, 0.25) is 5.02 Å². The lowest BCUT2D eigenvalue weighted by molar-refractivity contribution is -0.149. The summed E-state index contributed by atoms with van der Waals surface area (Å²) in [4.78, 5) is 19.9. The third kappa shape index (κ3) is 3.42. The Morgan fingerprint density at radius 2 is 1.77 bits per heavy atom. The Labute approximate surface area is 180 Å². The van der Waals surface area contributed by atoms with Crippen LogP contribution in [0.1, 0.15) is 22.7 Å². The van der Waals surface area contributed by atoms with Gasteiger partial charge in [0, 0.05) is 17.1 Å². The molecule has 0 bridgehead atoms. The van der Waals surface area contributed by atoms with E-state index in [-0.39, 0.29) is 5.75 Å². The highest BCUT2D eigenvalue weighted by Gasteiger charge is 2.55. The van der Waals surface area contributed by atoms with E-state index in [2.05, 4.69) is 4.99 Å². The molecule has 30 heavy (non-hydrogen) atoms. The van der Waals surface area contributed by atoms with E-state index in [9.17, 15) is 9.90 Å². The van der Waals surface area contributed by atoms with Crippen molar-refractivity contribution in [2.24, 2.45) is 4.99 Å². The van der Waals surface area contributed by atoms with Gasteiger partial charge in [0.05, 0.1) is 19.5 Å². The zero-order chi connectivity index (χ0) is 21.1. The van der Waals surface area contributed by atoms with Crippen molar-refractivity contribution in [3.63, 3.8) is 0 Å². The number of rotatable bonds is 5. The summed E-state index contributed by atoms with van der Waals surface area (Å²) in [5, 5.41) is 11.2. The van der Waals surface area contributed by atoms with Gasteiger partial charge < -0.3 is 14.7 Å². The summed E-state index contributed by atoms with van der Waals surface area (Å²) in [5.74, 6) is -0.500. The van der Waals surface area contributed by atoms with Crippen molar-refractivity contribution >= 4 is 23.9 Å². The Hall–Kier alpha value is -3.31. The molecule has 1 aliphatic heterocycles. The largest absolute Gasteiger partial charge is 0.508 e. The maximum atomic E-state index is 13.2. The Balaban J connectivity index is 1.90. The number of hydrogen-bond acceptors (Lipinski definition) is 5. The van der Waals surface area contributed by atoms with E-state index in [0.29, 0.717) is 22.7 Å². The van der Waals surface area contributed by atoms with E-state index in [4.69, 9.17) is 16.3 Å². The molecule has 0 saturated heterocycles. The second-order valence-corrected chi connectivity index (χ2v) is 7.57. The van der Waals surface area contributed by atoms with Gasteiger partial charge in [0.15, 0.2) is 0 Å². The number of hydrogen-bond donors (Lipinski definition) is 1. The molecule has 6 heteroatoms. The second-order valence-electron chi connectivity index (χ2n) is 7.13. The maximum absolute atomic E-state index is 13.2. The highest BCUT2D eigenvalue weighted by atomic mass is 35.5. The van der Waals surface area contributed by atoms with Gasteiger partial charge in [-0.3, -0.25) is 0 Å². The normalized spacial score (nSPS) is 20.3. The van der Waals surface area contributed by atoms with Gasteiger partial charge in [-0.1, -0.05) is 78.3 Å². The molecule has 2 atom stereocenters. The number of aliphatic imine (C=N–C) groups is 1. The van der Waals surface area contributed by atoms with Crippen LogP contribution in [0.3, 0.4) is 0 Å². The molecule has 0 fully saturated rings. The summed E-state index contributed by atoms with van der Waals surface area (Å²) in [5.41, 5.74) is 0.914. The van der Waals surface area contributed by atoms with Crippen molar-refractivity contribution in [2.75, 3.05) is 7.11 Å². The first-order chi connectivity index (χ1) is 14.6. The molecule has 0 aromatic heterocycles. The number of benzene rings is 3. The molecule has 0 amide bonds. The number of methoxy groups -OCH3 is 1. The van der Waals surface area contributed by atoms with Gasteiger partial charge >= 0.3 is 5.97 Å². The molecular weight excluding hydrogens is 400 g/mol. The Bertz CT molecular complexity index is 1070. The zero-order valence-electron chi connectivity index (χ0n) is 16.4. The minimum absolute atomic E-state index is 0.000251. The molecule has 1 heterocycles. The lowest BCUT2D eigenvalue weighted by Crippen LogP contribution is -2.43. The van der Waals surface area contributed by atoms with Crippen LogP contribution in [-0.2, 0) is 21.6 Å². The summed E-state index contributed by atoms with van der Waals surface area (Å²) in [6.45, 7) is 0.503. The molecule has 0 radical (unpaired) electrons. The number of phenolic OH excluding ortho intramolecular Hbond substituents is 1. The first kappa shape index (κ1) is 20.0. The van der Waals surface area contributed by atoms with Gasteiger partial charge in [-0.25, -0.2) is 9.79 Å². The molecule has 1 N–H and O–H groups in total. The van der Waals surface area contributed by atoms with Crippen LogP contribution in [0.4, 0.5) is 0 Å². The van der Waals surface area contributed by atoms with Gasteiger partial charge in [0.2, 0.25) is 5.54 Å². The molecule has 152 valence electrons. The van der Waals surface area contributed by atoms with Crippen LogP contribution >= 0.6 is 11.6 Å². The fourth-order valence-corrected chi connectivity index (χ4v) is 4.15. The maximum Gasteiger partial charge on any atom is 0.341 e. The van der Waals surface area contributed by atoms with Crippen LogP contribution in [0.25, 0.3) is 0 Å². The minimum Gasteiger partial charge on any atom is -0.508 e. The van der Waals surface area contributed by atoms with Crippen molar-refractivity contribution in [3.8, 4) is 5.75 Å². The number of ether oxygens (including phenoxy) is 1. The number of esters is 1. The average molecular weight is 421 g/mol. The fraction of sp³-hybridized carbons (Fsp3) is 0.167. The first-order valence-electron chi connectivity index (χ1n) is 9.53.